The molecule has 0 aliphatic heterocycles. The Hall–Kier alpha value is -1.19. The van der Waals surface area contributed by atoms with Crippen LogP contribution >= 0.6 is 11.3 Å². The molecule has 0 saturated heterocycles. The van der Waals surface area contributed by atoms with E-state index in [0.717, 1.165) is 24.4 Å². The number of thiazole rings is 1. The second-order valence-corrected chi connectivity index (χ2v) is 6.55. The van der Waals surface area contributed by atoms with Gasteiger partial charge in [0.1, 0.15) is 0 Å². The van der Waals surface area contributed by atoms with E-state index in [0.29, 0.717) is 6.04 Å². The number of hydrogen-bond donors (Lipinski definition) is 1. The zero-order chi connectivity index (χ0) is 14.4. The van der Waals surface area contributed by atoms with E-state index in [9.17, 15) is 0 Å². The van der Waals surface area contributed by atoms with E-state index in [4.69, 9.17) is 0 Å². The van der Waals surface area contributed by atoms with Crippen molar-refractivity contribution in [3.8, 4) is 0 Å². The summed E-state index contributed by atoms with van der Waals surface area (Å²) in [6, 6.07) is 9.35. The van der Waals surface area contributed by atoms with Crippen LogP contribution in [0.1, 0.15) is 35.2 Å². The van der Waals surface area contributed by atoms with Gasteiger partial charge in [0.05, 0.1) is 10.7 Å². The van der Waals surface area contributed by atoms with Crippen LogP contribution in [0.2, 0.25) is 0 Å². The van der Waals surface area contributed by atoms with Crippen molar-refractivity contribution in [1.29, 1.82) is 0 Å². The highest BCUT2D eigenvalue weighted by Gasteiger charge is 2.03. The monoisotopic (exact) mass is 288 g/mol. The summed E-state index contributed by atoms with van der Waals surface area (Å²) >= 11 is 1.73. The number of aromatic nitrogens is 1. The average molecular weight is 288 g/mol. The van der Waals surface area contributed by atoms with Crippen LogP contribution in [0.15, 0.2) is 29.6 Å². The molecule has 20 heavy (non-hydrogen) atoms. The fraction of sp³-hybridized carbons (Fsp3) is 0.471. The molecule has 1 atom stereocenters. The lowest BCUT2D eigenvalue weighted by Crippen LogP contribution is -2.28. The molecule has 1 aromatic heterocycles. The molecule has 1 aromatic carbocycles. The van der Waals surface area contributed by atoms with Gasteiger partial charge in [0.25, 0.3) is 0 Å². The minimum Gasteiger partial charge on any atom is -0.314 e. The predicted octanol–water partition coefficient (Wildman–Crippen LogP) is 3.91. The van der Waals surface area contributed by atoms with Crippen molar-refractivity contribution in [3.63, 3.8) is 0 Å². The Labute approximate surface area is 126 Å². The topological polar surface area (TPSA) is 24.9 Å². The van der Waals surface area contributed by atoms with Gasteiger partial charge in [-0.2, -0.15) is 0 Å². The zero-order valence-electron chi connectivity index (χ0n) is 12.6. The van der Waals surface area contributed by atoms with Crippen molar-refractivity contribution in [2.24, 2.45) is 0 Å². The first-order chi connectivity index (χ1) is 9.63. The van der Waals surface area contributed by atoms with Gasteiger partial charge in [-0.15, -0.1) is 11.3 Å². The Bertz CT molecular complexity index is 533. The molecule has 0 saturated carbocycles. The van der Waals surface area contributed by atoms with Gasteiger partial charge in [0.15, 0.2) is 0 Å². The molecule has 2 nitrogen and oxygen atoms in total. The lowest BCUT2D eigenvalue weighted by molar-refractivity contribution is 0.516. The van der Waals surface area contributed by atoms with Gasteiger partial charge in [-0.05, 0) is 39.2 Å². The number of benzene rings is 1. The van der Waals surface area contributed by atoms with Gasteiger partial charge in [-0.3, -0.25) is 0 Å². The highest BCUT2D eigenvalue weighted by Crippen LogP contribution is 2.09. The average Bonchev–Trinajstić information content (AvgIpc) is 2.82. The van der Waals surface area contributed by atoms with Crippen molar-refractivity contribution in [3.05, 3.63) is 51.5 Å². The summed E-state index contributed by atoms with van der Waals surface area (Å²) < 4.78 is 0. The van der Waals surface area contributed by atoms with Gasteiger partial charge < -0.3 is 5.32 Å². The van der Waals surface area contributed by atoms with Crippen LogP contribution in [-0.4, -0.2) is 17.6 Å². The summed E-state index contributed by atoms with van der Waals surface area (Å²) in [5, 5.41) is 6.91. The SMILES string of the molecule is Cc1cccc(CCC(C)NCCc2csc(C)n2)c1. The van der Waals surface area contributed by atoms with E-state index >= 15 is 0 Å². The van der Waals surface area contributed by atoms with E-state index in [1.165, 1.54) is 23.2 Å². The summed E-state index contributed by atoms with van der Waals surface area (Å²) in [5.41, 5.74) is 4.00. The molecule has 3 heteroatoms. The Morgan fingerprint density at radius 1 is 1.25 bits per heavy atom. The molecule has 1 unspecified atom stereocenters. The third-order valence-corrected chi connectivity index (χ3v) is 4.31. The molecule has 0 radical (unpaired) electrons. The van der Waals surface area contributed by atoms with E-state index in [1.807, 2.05) is 0 Å². The molecule has 0 fully saturated rings. The quantitative estimate of drug-likeness (QED) is 0.835. The number of aryl methyl sites for hydroxylation is 3. The third kappa shape index (κ3) is 5.06. The number of rotatable bonds is 7. The Morgan fingerprint density at radius 3 is 2.80 bits per heavy atom. The second kappa shape index (κ2) is 7.55. The standard InChI is InChI=1S/C17H24N2S/c1-13-5-4-6-16(11-13)8-7-14(2)18-10-9-17-12-20-15(3)19-17/h4-6,11-12,14,18H,7-10H2,1-3H3. The molecular weight excluding hydrogens is 264 g/mol. The van der Waals surface area contributed by atoms with E-state index < -0.39 is 0 Å². The minimum atomic E-state index is 0.551. The maximum Gasteiger partial charge on any atom is 0.0897 e. The molecule has 2 rings (SSSR count). The highest BCUT2D eigenvalue weighted by atomic mass is 32.1. The molecule has 1 heterocycles. The predicted molar refractivity (Wildman–Crippen MR) is 87.5 cm³/mol. The molecule has 2 aromatic rings. The van der Waals surface area contributed by atoms with Crippen LogP contribution in [0.5, 0.6) is 0 Å². The van der Waals surface area contributed by atoms with Crippen molar-refractivity contribution < 1.29 is 0 Å². The summed E-state index contributed by atoms with van der Waals surface area (Å²) in [4.78, 5) is 4.49. The highest BCUT2D eigenvalue weighted by molar-refractivity contribution is 7.09. The van der Waals surface area contributed by atoms with Crippen LogP contribution < -0.4 is 5.32 Å². The summed E-state index contributed by atoms with van der Waals surface area (Å²) in [7, 11) is 0. The maximum atomic E-state index is 4.49. The number of nitrogens with one attached hydrogen (secondary N) is 1. The maximum absolute atomic E-state index is 4.49. The first-order valence-electron chi connectivity index (χ1n) is 7.33. The van der Waals surface area contributed by atoms with Crippen molar-refractivity contribution in [2.75, 3.05) is 6.54 Å². The molecule has 0 bridgehead atoms. The Morgan fingerprint density at radius 2 is 2.10 bits per heavy atom. The molecule has 1 N–H and O–H groups in total. The lowest BCUT2D eigenvalue weighted by atomic mass is 10.0. The van der Waals surface area contributed by atoms with Crippen LogP contribution in [0, 0.1) is 13.8 Å². The first-order valence-corrected chi connectivity index (χ1v) is 8.21. The van der Waals surface area contributed by atoms with E-state index in [-0.39, 0.29) is 0 Å². The van der Waals surface area contributed by atoms with Gasteiger partial charge >= 0.3 is 0 Å². The molecular formula is C17H24N2S. The molecule has 0 aliphatic rings. The van der Waals surface area contributed by atoms with Crippen molar-refractivity contribution >= 4 is 11.3 Å². The van der Waals surface area contributed by atoms with Crippen LogP contribution in [0.25, 0.3) is 0 Å². The van der Waals surface area contributed by atoms with E-state index in [2.05, 4.69) is 60.7 Å². The Kier molecular flexibility index (Phi) is 5.74. The van der Waals surface area contributed by atoms with Crippen LogP contribution in [0.4, 0.5) is 0 Å². The number of nitrogens with zero attached hydrogens (tertiary/aromatic N) is 1. The smallest absolute Gasteiger partial charge is 0.0897 e. The minimum absolute atomic E-state index is 0.551. The second-order valence-electron chi connectivity index (χ2n) is 5.49. The van der Waals surface area contributed by atoms with Gasteiger partial charge in [0.2, 0.25) is 0 Å². The molecule has 108 valence electrons. The van der Waals surface area contributed by atoms with E-state index in [1.54, 1.807) is 11.3 Å². The van der Waals surface area contributed by atoms with Crippen LogP contribution in [-0.2, 0) is 12.8 Å². The zero-order valence-corrected chi connectivity index (χ0v) is 13.5. The fourth-order valence-electron chi connectivity index (χ4n) is 2.32. The first kappa shape index (κ1) is 15.2. The normalized spacial score (nSPS) is 12.6. The van der Waals surface area contributed by atoms with Crippen molar-refractivity contribution in [1.82, 2.24) is 10.3 Å². The summed E-state index contributed by atoms with van der Waals surface area (Å²) in [6.07, 6.45) is 3.35. The molecule has 0 aliphatic carbocycles. The molecule has 0 spiro atoms. The van der Waals surface area contributed by atoms with Gasteiger partial charge in [0, 0.05) is 24.4 Å². The largest absolute Gasteiger partial charge is 0.314 e. The lowest BCUT2D eigenvalue weighted by Gasteiger charge is -2.13. The summed E-state index contributed by atoms with van der Waals surface area (Å²) in [6.45, 7) is 7.49. The fourth-order valence-corrected chi connectivity index (χ4v) is 2.97. The number of hydrogen-bond acceptors (Lipinski definition) is 3. The molecule has 0 amide bonds. The van der Waals surface area contributed by atoms with Gasteiger partial charge in [-0.1, -0.05) is 29.8 Å². The van der Waals surface area contributed by atoms with Gasteiger partial charge in [-0.25, -0.2) is 4.98 Å². The van der Waals surface area contributed by atoms with Crippen LogP contribution in [0.3, 0.4) is 0 Å². The summed E-state index contributed by atoms with van der Waals surface area (Å²) in [5.74, 6) is 0. The van der Waals surface area contributed by atoms with Crippen molar-refractivity contribution in [2.45, 2.75) is 46.1 Å². The Balaban J connectivity index is 1.66. The third-order valence-electron chi connectivity index (χ3n) is 3.49.